The van der Waals surface area contributed by atoms with Gasteiger partial charge in [0.1, 0.15) is 11.4 Å². The number of aromatic nitrogens is 1. The Labute approximate surface area is 141 Å². The largest absolute Gasteiger partial charge is 0.373 e. The maximum atomic E-state index is 12.3. The summed E-state index contributed by atoms with van der Waals surface area (Å²) in [6.45, 7) is 4.40. The molecule has 0 saturated carbocycles. The van der Waals surface area contributed by atoms with Crippen molar-refractivity contribution in [3.8, 4) is 0 Å². The van der Waals surface area contributed by atoms with Crippen molar-refractivity contribution in [2.24, 2.45) is 0 Å². The Morgan fingerprint density at radius 3 is 2.88 bits per heavy atom. The summed E-state index contributed by atoms with van der Waals surface area (Å²) in [6.07, 6.45) is 2.30. The van der Waals surface area contributed by atoms with Gasteiger partial charge in [0.2, 0.25) is 0 Å². The molecule has 2 N–H and O–H groups in total. The lowest BCUT2D eigenvalue weighted by atomic mass is 9.97. The van der Waals surface area contributed by atoms with Crippen LogP contribution in [-0.4, -0.2) is 23.8 Å². The predicted molar refractivity (Wildman–Crippen MR) is 90.9 cm³/mol. The second kappa shape index (κ2) is 7.49. The number of hydrogen-bond donors (Lipinski definition) is 2. The van der Waals surface area contributed by atoms with E-state index in [0.29, 0.717) is 24.5 Å². The summed E-state index contributed by atoms with van der Waals surface area (Å²) in [6, 6.07) is 9.96. The van der Waals surface area contributed by atoms with Crippen molar-refractivity contribution >= 4 is 11.7 Å². The molecule has 1 aromatic heterocycles. The van der Waals surface area contributed by atoms with Gasteiger partial charge in [0.25, 0.3) is 0 Å². The monoisotopic (exact) mass is 329 g/mol. The molecule has 0 spiro atoms. The second-order valence-corrected chi connectivity index (χ2v) is 6.00. The maximum Gasteiger partial charge on any atom is 0.319 e. The van der Waals surface area contributed by atoms with Gasteiger partial charge in [-0.1, -0.05) is 42.4 Å². The van der Waals surface area contributed by atoms with Gasteiger partial charge in [0.15, 0.2) is 5.76 Å². The lowest BCUT2D eigenvalue weighted by Crippen LogP contribution is -2.42. The number of anilines is 1. The summed E-state index contributed by atoms with van der Waals surface area (Å²) in [4.78, 5) is 12.3. The number of rotatable bonds is 4. The number of nitrogens with one attached hydrogen (secondary N) is 2. The number of hydrogen-bond acceptors (Lipinski definition) is 4. The molecule has 128 valence electrons. The number of aryl methyl sites for hydroxylation is 2. The average Bonchev–Trinajstić information content (AvgIpc) is 2.96. The average molecular weight is 329 g/mol. The zero-order valence-electron chi connectivity index (χ0n) is 14.0. The number of ether oxygens (including phenoxy) is 1. The molecule has 1 aliphatic rings. The fraction of sp³-hybridized carbons (Fsp3) is 0.444. The van der Waals surface area contributed by atoms with Crippen LogP contribution in [0.2, 0.25) is 0 Å². The first-order chi connectivity index (χ1) is 11.7. The Bertz CT molecular complexity index is 684. The summed E-state index contributed by atoms with van der Waals surface area (Å²) in [5.74, 6) is 0.621. The molecule has 24 heavy (non-hydrogen) atoms. The molecule has 0 unspecified atom stereocenters. The minimum absolute atomic E-state index is 0.0220. The molecule has 0 radical (unpaired) electrons. The smallest absolute Gasteiger partial charge is 0.319 e. The molecule has 2 amide bonds. The van der Waals surface area contributed by atoms with Crippen LogP contribution in [0.25, 0.3) is 0 Å². The summed E-state index contributed by atoms with van der Waals surface area (Å²) >= 11 is 0. The van der Waals surface area contributed by atoms with Crippen molar-refractivity contribution in [2.45, 2.75) is 45.3 Å². The van der Waals surface area contributed by atoms with Gasteiger partial charge >= 0.3 is 6.03 Å². The fourth-order valence-electron chi connectivity index (χ4n) is 2.98. The highest BCUT2D eigenvalue weighted by Crippen LogP contribution is 2.28. The molecule has 6 heteroatoms. The Morgan fingerprint density at radius 1 is 1.33 bits per heavy atom. The van der Waals surface area contributed by atoms with E-state index in [2.05, 4.69) is 27.9 Å². The van der Waals surface area contributed by atoms with Crippen LogP contribution in [0.3, 0.4) is 0 Å². The minimum Gasteiger partial charge on any atom is -0.373 e. The predicted octanol–water partition coefficient (Wildman–Crippen LogP) is 3.59. The van der Waals surface area contributed by atoms with E-state index >= 15 is 0 Å². The van der Waals surface area contributed by atoms with Crippen LogP contribution < -0.4 is 10.6 Å². The highest BCUT2D eigenvalue weighted by Gasteiger charge is 2.25. The van der Waals surface area contributed by atoms with E-state index in [1.165, 1.54) is 0 Å². The van der Waals surface area contributed by atoms with E-state index in [4.69, 9.17) is 9.26 Å². The van der Waals surface area contributed by atoms with Gasteiger partial charge < -0.3 is 19.9 Å². The van der Waals surface area contributed by atoms with Crippen LogP contribution in [0.5, 0.6) is 0 Å². The molecular weight excluding hydrogens is 306 g/mol. The first-order valence-electron chi connectivity index (χ1n) is 8.36. The van der Waals surface area contributed by atoms with E-state index in [9.17, 15) is 4.79 Å². The topological polar surface area (TPSA) is 76.4 Å². The van der Waals surface area contributed by atoms with Crippen LogP contribution in [0.1, 0.15) is 42.9 Å². The van der Waals surface area contributed by atoms with E-state index in [-0.39, 0.29) is 18.2 Å². The Balaban J connectivity index is 1.59. The zero-order valence-corrected chi connectivity index (χ0v) is 14.0. The molecule has 2 aromatic rings. The zero-order chi connectivity index (χ0) is 16.9. The summed E-state index contributed by atoms with van der Waals surface area (Å²) in [5, 5.41) is 9.85. The highest BCUT2D eigenvalue weighted by atomic mass is 16.5. The van der Waals surface area contributed by atoms with Crippen molar-refractivity contribution in [3.63, 3.8) is 0 Å². The summed E-state index contributed by atoms with van der Waals surface area (Å²) in [5.41, 5.74) is 2.58. The number of benzene rings is 1. The van der Waals surface area contributed by atoms with Crippen molar-refractivity contribution < 1.29 is 14.1 Å². The molecule has 3 rings (SSSR count). The third-order valence-electron chi connectivity index (χ3n) is 4.30. The lowest BCUT2D eigenvalue weighted by Gasteiger charge is -2.30. The number of carbonyl (C=O) groups excluding carboxylic acids is 1. The molecular formula is C18H23N3O3. The molecule has 6 nitrogen and oxygen atoms in total. The van der Waals surface area contributed by atoms with Gasteiger partial charge in [-0.25, -0.2) is 4.79 Å². The molecule has 0 aliphatic carbocycles. The lowest BCUT2D eigenvalue weighted by molar-refractivity contribution is 0.00253. The SMILES string of the molecule is CCc1noc(C)c1NC(=O)N[C@H]1CCO[C@H](c2ccccc2)C1. The van der Waals surface area contributed by atoms with Gasteiger partial charge in [-0.2, -0.15) is 0 Å². The number of nitrogens with zero attached hydrogens (tertiary/aromatic N) is 1. The molecule has 2 atom stereocenters. The third-order valence-corrected chi connectivity index (χ3v) is 4.30. The van der Waals surface area contributed by atoms with E-state index < -0.39 is 0 Å². The summed E-state index contributed by atoms with van der Waals surface area (Å²) in [7, 11) is 0. The fourth-order valence-corrected chi connectivity index (χ4v) is 2.98. The van der Waals surface area contributed by atoms with Crippen LogP contribution in [0.4, 0.5) is 10.5 Å². The number of urea groups is 1. The van der Waals surface area contributed by atoms with E-state index in [0.717, 1.165) is 24.1 Å². The van der Waals surface area contributed by atoms with Crippen molar-refractivity contribution in [1.82, 2.24) is 10.5 Å². The van der Waals surface area contributed by atoms with Gasteiger partial charge in [-0.05, 0) is 31.7 Å². The van der Waals surface area contributed by atoms with Crippen LogP contribution in [0.15, 0.2) is 34.9 Å². The van der Waals surface area contributed by atoms with Gasteiger partial charge in [0.05, 0.1) is 6.10 Å². The Morgan fingerprint density at radius 2 is 2.12 bits per heavy atom. The standard InChI is InChI=1S/C18H23N3O3/c1-3-15-17(12(2)24-21-15)20-18(22)19-14-9-10-23-16(11-14)13-7-5-4-6-8-13/h4-8,14,16H,3,9-11H2,1-2H3,(H2,19,20,22)/t14-,16-/m0/s1. The third kappa shape index (κ3) is 3.76. The molecule has 2 heterocycles. The molecule has 1 aromatic carbocycles. The highest BCUT2D eigenvalue weighted by molar-refractivity contribution is 5.90. The van der Waals surface area contributed by atoms with Crippen molar-refractivity contribution in [1.29, 1.82) is 0 Å². The Kier molecular flexibility index (Phi) is 5.15. The van der Waals surface area contributed by atoms with Crippen LogP contribution >= 0.6 is 0 Å². The van der Waals surface area contributed by atoms with Crippen molar-refractivity contribution in [2.75, 3.05) is 11.9 Å². The van der Waals surface area contributed by atoms with Gasteiger partial charge in [0, 0.05) is 12.6 Å². The van der Waals surface area contributed by atoms with E-state index in [1.54, 1.807) is 6.92 Å². The minimum atomic E-state index is -0.227. The normalized spacial score (nSPS) is 20.6. The Hall–Kier alpha value is -2.34. The first kappa shape index (κ1) is 16.5. The van der Waals surface area contributed by atoms with Crippen LogP contribution in [-0.2, 0) is 11.2 Å². The van der Waals surface area contributed by atoms with Crippen LogP contribution in [0, 0.1) is 6.92 Å². The van der Waals surface area contributed by atoms with Gasteiger partial charge in [-0.15, -0.1) is 0 Å². The number of carbonyl (C=O) groups is 1. The first-order valence-corrected chi connectivity index (χ1v) is 8.36. The number of amides is 2. The molecule has 1 saturated heterocycles. The maximum absolute atomic E-state index is 12.3. The second-order valence-electron chi connectivity index (χ2n) is 6.00. The van der Waals surface area contributed by atoms with Crippen molar-refractivity contribution in [3.05, 3.63) is 47.3 Å². The molecule has 1 aliphatic heterocycles. The quantitative estimate of drug-likeness (QED) is 0.899. The van der Waals surface area contributed by atoms with Gasteiger partial charge in [-0.3, -0.25) is 0 Å². The summed E-state index contributed by atoms with van der Waals surface area (Å²) < 4.78 is 11.0. The van der Waals surface area contributed by atoms with E-state index in [1.807, 2.05) is 25.1 Å². The molecule has 0 bridgehead atoms. The molecule has 1 fully saturated rings.